The van der Waals surface area contributed by atoms with Gasteiger partial charge < -0.3 is 10.2 Å². The van der Waals surface area contributed by atoms with E-state index in [9.17, 15) is 19.2 Å². The van der Waals surface area contributed by atoms with Crippen LogP contribution >= 0.6 is 11.8 Å². The van der Waals surface area contributed by atoms with Crippen molar-refractivity contribution in [2.45, 2.75) is 31.6 Å². The van der Waals surface area contributed by atoms with E-state index < -0.39 is 17.0 Å². The molecule has 3 heterocycles. The van der Waals surface area contributed by atoms with Crippen LogP contribution in [0.15, 0.2) is 66.6 Å². The molecule has 0 amide bonds. The molecule has 11 heteroatoms. The van der Waals surface area contributed by atoms with Gasteiger partial charge in [0.15, 0.2) is 10.9 Å². The Labute approximate surface area is 197 Å². The molecule has 0 unspecified atom stereocenters. The third-order valence-electron chi connectivity index (χ3n) is 5.36. The average molecular weight is 482 g/mol. The number of nitrogens with zero attached hydrogens (tertiary/aromatic N) is 4. The number of hydrogen-bond donors (Lipinski definition) is 1. The summed E-state index contributed by atoms with van der Waals surface area (Å²) in [4.78, 5) is 55.9. The Hall–Kier alpha value is -3.86. The van der Waals surface area contributed by atoms with E-state index in [0.29, 0.717) is 28.2 Å². The number of carbonyl (C=O) groups is 1. The number of nitrogen functional groups attached to an aromatic ring is 1. The molecular formula is C23H23N5O5S. The Morgan fingerprint density at radius 2 is 1.85 bits per heavy atom. The molecule has 0 spiro atoms. The van der Waals surface area contributed by atoms with E-state index in [4.69, 9.17) is 10.2 Å². The number of ketones is 1. The molecule has 4 aromatic rings. The number of thioether (sulfide) groups is 1. The Morgan fingerprint density at radius 1 is 1.09 bits per heavy atom. The highest BCUT2D eigenvalue weighted by Gasteiger charge is 2.22. The lowest BCUT2D eigenvalue weighted by atomic mass is 10.2. The Bertz CT molecular complexity index is 1550. The highest BCUT2D eigenvalue weighted by atomic mass is 32.2. The van der Waals surface area contributed by atoms with Crippen molar-refractivity contribution in [3.05, 3.63) is 85.2 Å². The number of Topliss-reactive ketones (excluding diaryl/α,β-unsaturated/α-hetero) is 1. The molecule has 0 saturated heterocycles. The first kappa shape index (κ1) is 23.3. The molecule has 0 fully saturated rings. The average Bonchev–Trinajstić information content (AvgIpc) is 3.34. The lowest BCUT2D eigenvalue weighted by Crippen LogP contribution is -2.42. The molecule has 2 N–H and O–H groups in total. The predicted molar refractivity (Wildman–Crippen MR) is 130 cm³/mol. The van der Waals surface area contributed by atoms with Crippen LogP contribution in [0.1, 0.15) is 29.5 Å². The van der Waals surface area contributed by atoms with E-state index in [1.54, 1.807) is 36.4 Å². The first-order chi connectivity index (χ1) is 16.3. The van der Waals surface area contributed by atoms with Crippen molar-refractivity contribution >= 4 is 34.3 Å². The van der Waals surface area contributed by atoms with Crippen LogP contribution < -0.4 is 22.5 Å². The summed E-state index contributed by atoms with van der Waals surface area (Å²) in [7, 11) is 1.31. The molecule has 0 radical (unpaired) electrons. The predicted octanol–water partition coefficient (Wildman–Crippen LogP) is 1.87. The zero-order valence-corrected chi connectivity index (χ0v) is 19.5. The summed E-state index contributed by atoms with van der Waals surface area (Å²) in [6.07, 6.45) is 2.11. The summed E-state index contributed by atoms with van der Waals surface area (Å²) < 4.78 is 8.92. The lowest BCUT2D eigenvalue weighted by molar-refractivity contribution is 0.102. The zero-order valence-electron chi connectivity index (χ0n) is 18.7. The van der Waals surface area contributed by atoms with Gasteiger partial charge in [-0.3, -0.25) is 28.1 Å². The van der Waals surface area contributed by atoms with Crippen molar-refractivity contribution < 1.29 is 9.21 Å². The SMILES string of the molecule is CCCn1c(N)c(C(=O)CSc2nc3ccccc3c(=O)n2Cc2ccco2)c(=O)n(C)c1=O. The number of anilines is 1. The molecule has 176 valence electrons. The van der Waals surface area contributed by atoms with Crippen molar-refractivity contribution in [3.8, 4) is 0 Å². The third-order valence-corrected chi connectivity index (χ3v) is 6.34. The zero-order chi connectivity index (χ0) is 24.4. The molecule has 10 nitrogen and oxygen atoms in total. The van der Waals surface area contributed by atoms with Crippen molar-refractivity contribution in [2.75, 3.05) is 11.5 Å². The molecular weight excluding hydrogens is 458 g/mol. The summed E-state index contributed by atoms with van der Waals surface area (Å²) in [6.45, 7) is 2.27. The smallest absolute Gasteiger partial charge is 0.332 e. The van der Waals surface area contributed by atoms with Crippen molar-refractivity contribution in [1.82, 2.24) is 18.7 Å². The Kier molecular flexibility index (Phi) is 6.55. The second-order valence-corrected chi connectivity index (χ2v) is 8.60. The maximum Gasteiger partial charge on any atom is 0.332 e. The van der Waals surface area contributed by atoms with Crippen molar-refractivity contribution in [3.63, 3.8) is 0 Å². The Morgan fingerprint density at radius 3 is 2.56 bits per heavy atom. The number of rotatable bonds is 8. The van der Waals surface area contributed by atoms with E-state index in [1.165, 1.54) is 22.4 Å². The number of carbonyl (C=O) groups excluding carboxylic acids is 1. The van der Waals surface area contributed by atoms with Gasteiger partial charge in [-0.2, -0.15) is 0 Å². The maximum atomic E-state index is 13.2. The van der Waals surface area contributed by atoms with E-state index in [-0.39, 0.29) is 35.8 Å². The summed E-state index contributed by atoms with van der Waals surface area (Å²) in [5.41, 5.74) is 4.71. The second-order valence-electron chi connectivity index (χ2n) is 7.65. The number of nitrogens with two attached hydrogens (primary N) is 1. The van der Waals surface area contributed by atoms with E-state index >= 15 is 0 Å². The van der Waals surface area contributed by atoms with E-state index in [0.717, 1.165) is 16.3 Å². The number of para-hydroxylation sites is 1. The fourth-order valence-electron chi connectivity index (χ4n) is 3.64. The standard InChI is InChI=1S/C23H23N5O5S/c1-3-10-27-19(24)18(21(31)26(2)23(27)32)17(29)13-34-22-25-16-9-5-4-8-15(16)20(30)28(22)12-14-7-6-11-33-14/h4-9,11H,3,10,12-13,24H2,1-2H3. The highest BCUT2D eigenvalue weighted by Crippen LogP contribution is 2.21. The van der Waals surface area contributed by atoms with E-state index in [1.807, 2.05) is 6.92 Å². The molecule has 0 atom stereocenters. The number of benzene rings is 1. The minimum absolute atomic E-state index is 0.130. The van der Waals surface area contributed by atoms with Gasteiger partial charge in [0.2, 0.25) is 0 Å². The minimum atomic E-state index is -0.750. The lowest BCUT2D eigenvalue weighted by Gasteiger charge is -2.14. The van der Waals surface area contributed by atoms with Gasteiger partial charge in [0.25, 0.3) is 11.1 Å². The fraction of sp³-hybridized carbons (Fsp3) is 0.261. The Balaban J connectivity index is 1.73. The summed E-state index contributed by atoms with van der Waals surface area (Å²) >= 11 is 1.02. The molecule has 0 aliphatic rings. The normalized spacial score (nSPS) is 11.2. The van der Waals surface area contributed by atoms with Crippen LogP contribution in [0.25, 0.3) is 10.9 Å². The van der Waals surface area contributed by atoms with Crippen LogP contribution in [0, 0.1) is 0 Å². The van der Waals surface area contributed by atoms with Gasteiger partial charge in [-0.25, -0.2) is 9.78 Å². The van der Waals surface area contributed by atoms with Gasteiger partial charge in [0.1, 0.15) is 17.1 Å². The molecule has 3 aromatic heterocycles. The summed E-state index contributed by atoms with van der Waals surface area (Å²) in [5.74, 6) is -0.357. The largest absolute Gasteiger partial charge is 0.467 e. The number of furan rings is 1. The van der Waals surface area contributed by atoms with Crippen LogP contribution in [0.2, 0.25) is 0 Å². The summed E-state index contributed by atoms with van der Waals surface area (Å²) in [6, 6.07) is 10.4. The fourth-order valence-corrected chi connectivity index (χ4v) is 4.51. The van der Waals surface area contributed by atoms with Crippen molar-refractivity contribution in [2.24, 2.45) is 7.05 Å². The first-order valence-electron chi connectivity index (χ1n) is 10.6. The van der Waals surface area contributed by atoms with Crippen molar-refractivity contribution in [1.29, 1.82) is 0 Å². The monoisotopic (exact) mass is 481 g/mol. The third kappa shape index (κ3) is 4.21. The van der Waals surface area contributed by atoms with Gasteiger partial charge in [0, 0.05) is 13.6 Å². The first-order valence-corrected chi connectivity index (χ1v) is 11.6. The molecule has 34 heavy (non-hydrogen) atoms. The van der Waals surface area contributed by atoms with Crippen LogP contribution in [-0.4, -0.2) is 30.2 Å². The molecule has 0 saturated carbocycles. The molecule has 0 aliphatic carbocycles. The summed E-state index contributed by atoms with van der Waals surface area (Å²) in [5, 5.41) is 0.736. The maximum absolute atomic E-state index is 13.2. The minimum Gasteiger partial charge on any atom is -0.467 e. The second kappa shape index (κ2) is 9.56. The molecule has 4 rings (SSSR count). The van der Waals surface area contributed by atoms with Gasteiger partial charge in [0.05, 0.1) is 29.5 Å². The molecule has 0 aliphatic heterocycles. The number of fused-ring (bicyclic) bond motifs is 1. The highest BCUT2D eigenvalue weighted by molar-refractivity contribution is 7.99. The van der Waals surface area contributed by atoms with E-state index in [2.05, 4.69) is 4.98 Å². The van der Waals surface area contributed by atoms with Crippen LogP contribution in [0.3, 0.4) is 0 Å². The van der Waals surface area contributed by atoms with Crippen LogP contribution in [-0.2, 0) is 20.1 Å². The molecule has 0 bridgehead atoms. The topological polar surface area (TPSA) is 135 Å². The van der Waals surface area contributed by atoms with Crippen LogP contribution in [0.5, 0.6) is 0 Å². The van der Waals surface area contributed by atoms with Gasteiger partial charge in [-0.15, -0.1) is 0 Å². The van der Waals surface area contributed by atoms with Gasteiger partial charge in [-0.05, 0) is 30.7 Å². The number of aromatic nitrogens is 4. The molecule has 1 aromatic carbocycles. The number of hydrogen-bond acceptors (Lipinski definition) is 8. The van der Waals surface area contributed by atoms with Gasteiger partial charge in [-0.1, -0.05) is 30.8 Å². The quantitative estimate of drug-likeness (QED) is 0.229. The van der Waals surface area contributed by atoms with Gasteiger partial charge >= 0.3 is 5.69 Å². The van der Waals surface area contributed by atoms with Crippen LogP contribution in [0.4, 0.5) is 5.82 Å².